The second-order valence-electron chi connectivity index (χ2n) is 7.04. The number of hydrogen-bond donors (Lipinski definition) is 2. The van der Waals surface area contributed by atoms with Gasteiger partial charge in [-0.2, -0.15) is 0 Å². The molecule has 0 saturated carbocycles. The average Bonchev–Trinajstić information content (AvgIpc) is 2.37. The van der Waals surface area contributed by atoms with Crippen LogP contribution in [-0.4, -0.2) is 23.2 Å². The summed E-state index contributed by atoms with van der Waals surface area (Å²) < 4.78 is 0. The first kappa shape index (κ1) is 17.7. The van der Waals surface area contributed by atoms with Gasteiger partial charge in [-0.25, -0.2) is 0 Å². The van der Waals surface area contributed by atoms with E-state index in [2.05, 4.69) is 52.1 Å². The molecule has 0 aromatic heterocycles. The number of carboxylic acid groups (broad SMARTS) is 1. The standard InChI is InChI=1S/C18H29NO2/c1-13(2)11-16(17(20)21)19-14(3)12-18(4,5)15-9-7-6-8-10-15/h6-10,13-14,16,19H,11-12H2,1-5H3,(H,20,21). The molecule has 118 valence electrons. The molecule has 1 aromatic rings. The van der Waals surface area contributed by atoms with Gasteiger partial charge in [-0.3, -0.25) is 4.79 Å². The molecule has 0 aliphatic heterocycles. The summed E-state index contributed by atoms with van der Waals surface area (Å²) in [5.41, 5.74) is 1.31. The molecular formula is C18H29NO2. The van der Waals surface area contributed by atoms with Crippen LogP contribution in [0.2, 0.25) is 0 Å². The number of rotatable bonds is 8. The number of carboxylic acids is 1. The Hall–Kier alpha value is -1.35. The van der Waals surface area contributed by atoms with Crippen LogP contribution in [0.15, 0.2) is 30.3 Å². The van der Waals surface area contributed by atoms with Crippen molar-refractivity contribution in [2.24, 2.45) is 5.92 Å². The van der Waals surface area contributed by atoms with Crippen molar-refractivity contribution in [3.63, 3.8) is 0 Å². The Morgan fingerprint density at radius 2 is 1.76 bits per heavy atom. The highest BCUT2D eigenvalue weighted by molar-refractivity contribution is 5.73. The molecule has 0 bridgehead atoms. The van der Waals surface area contributed by atoms with Crippen molar-refractivity contribution in [1.29, 1.82) is 0 Å². The van der Waals surface area contributed by atoms with Crippen molar-refractivity contribution in [1.82, 2.24) is 5.32 Å². The van der Waals surface area contributed by atoms with E-state index in [0.29, 0.717) is 12.3 Å². The molecule has 2 unspecified atom stereocenters. The monoisotopic (exact) mass is 291 g/mol. The highest BCUT2D eigenvalue weighted by atomic mass is 16.4. The first-order valence-electron chi connectivity index (χ1n) is 7.76. The summed E-state index contributed by atoms with van der Waals surface area (Å²) in [6.07, 6.45) is 1.56. The quantitative estimate of drug-likeness (QED) is 0.765. The molecule has 0 aliphatic carbocycles. The molecule has 0 spiro atoms. The van der Waals surface area contributed by atoms with Gasteiger partial charge < -0.3 is 10.4 Å². The zero-order valence-electron chi connectivity index (χ0n) is 13.9. The highest BCUT2D eigenvalue weighted by Crippen LogP contribution is 2.28. The van der Waals surface area contributed by atoms with Crippen molar-refractivity contribution in [3.05, 3.63) is 35.9 Å². The Morgan fingerprint density at radius 1 is 1.19 bits per heavy atom. The van der Waals surface area contributed by atoms with Crippen molar-refractivity contribution in [2.75, 3.05) is 0 Å². The Balaban J connectivity index is 2.67. The highest BCUT2D eigenvalue weighted by Gasteiger charge is 2.26. The fraction of sp³-hybridized carbons (Fsp3) is 0.611. The van der Waals surface area contributed by atoms with Crippen molar-refractivity contribution >= 4 is 5.97 Å². The lowest BCUT2D eigenvalue weighted by Gasteiger charge is -2.31. The van der Waals surface area contributed by atoms with E-state index in [1.54, 1.807) is 0 Å². The summed E-state index contributed by atoms with van der Waals surface area (Å²) in [4.78, 5) is 11.3. The SMILES string of the molecule is CC(C)CC(NC(C)CC(C)(C)c1ccccc1)C(=O)O. The molecule has 3 nitrogen and oxygen atoms in total. The fourth-order valence-electron chi connectivity index (χ4n) is 2.89. The second-order valence-corrected chi connectivity index (χ2v) is 7.04. The normalized spacial score (nSPS) is 15.0. The molecular weight excluding hydrogens is 262 g/mol. The van der Waals surface area contributed by atoms with Crippen LogP contribution in [-0.2, 0) is 10.2 Å². The van der Waals surface area contributed by atoms with Crippen LogP contribution in [0.25, 0.3) is 0 Å². The van der Waals surface area contributed by atoms with E-state index in [-0.39, 0.29) is 11.5 Å². The number of hydrogen-bond acceptors (Lipinski definition) is 2. The largest absolute Gasteiger partial charge is 0.480 e. The lowest BCUT2D eigenvalue weighted by molar-refractivity contribution is -0.140. The van der Waals surface area contributed by atoms with Gasteiger partial charge in [0.2, 0.25) is 0 Å². The van der Waals surface area contributed by atoms with Crippen LogP contribution in [0.1, 0.15) is 53.0 Å². The van der Waals surface area contributed by atoms with Crippen LogP contribution in [0.3, 0.4) is 0 Å². The van der Waals surface area contributed by atoms with Gasteiger partial charge in [-0.1, -0.05) is 58.0 Å². The minimum atomic E-state index is -0.756. The molecule has 0 radical (unpaired) electrons. The third-order valence-corrected chi connectivity index (χ3v) is 3.86. The van der Waals surface area contributed by atoms with Gasteiger partial charge >= 0.3 is 5.97 Å². The Bertz CT molecular complexity index is 440. The molecule has 0 fully saturated rings. The van der Waals surface area contributed by atoms with Gasteiger partial charge in [0, 0.05) is 6.04 Å². The second kappa shape index (κ2) is 7.60. The average molecular weight is 291 g/mol. The summed E-state index contributed by atoms with van der Waals surface area (Å²) >= 11 is 0. The Kier molecular flexibility index (Phi) is 6.41. The van der Waals surface area contributed by atoms with Gasteiger partial charge in [-0.05, 0) is 36.7 Å². The number of aliphatic carboxylic acids is 1. The van der Waals surface area contributed by atoms with Crippen LogP contribution in [0.4, 0.5) is 0 Å². The first-order chi connectivity index (χ1) is 9.72. The lowest BCUT2D eigenvalue weighted by atomic mass is 9.79. The van der Waals surface area contributed by atoms with E-state index in [0.717, 1.165) is 6.42 Å². The maximum absolute atomic E-state index is 11.3. The molecule has 3 heteroatoms. The van der Waals surface area contributed by atoms with Crippen LogP contribution in [0, 0.1) is 5.92 Å². The van der Waals surface area contributed by atoms with Gasteiger partial charge in [0.15, 0.2) is 0 Å². The fourth-order valence-corrected chi connectivity index (χ4v) is 2.89. The van der Waals surface area contributed by atoms with Crippen LogP contribution in [0.5, 0.6) is 0 Å². The van der Waals surface area contributed by atoms with Crippen LogP contribution >= 0.6 is 0 Å². The number of benzene rings is 1. The summed E-state index contributed by atoms with van der Waals surface area (Å²) in [6, 6.07) is 10.1. The molecule has 0 heterocycles. The number of nitrogens with one attached hydrogen (secondary N) is 1. The summed E-state index contributed by atoms with van der Waals surface area (Å²) in [6.45, 7) is 10.6. The molecule has 1 rings (SSSR count). The third-order valence-electron chi connectivity index (χ3n) is 3.86. The van der Waals surface area contributed by atoms with Crippen LogP contribution < -0.4 is 5.32 Å². The maximum atomic E-state index is 11.3. The zero-order chi connectivity index (χ0) is 16.0. The topological polar surface area (TPSA) is 49.3 Å². The Morgan fingerprint density at radius 3 is 2.24 bits per heavy atom. The molecule has 0 saturated heterocycles. The summed E-state index contributed by atoms with van der Waals surface area (Å²) in [7, 11) is 0. The summed E-state index contributed by atoms with van der Waals surface area (Å²) in [5, 5.41) is 12.6. The minimum Gasteiger partial charge on any atom is -0.480 e. The molecule has 0 aliphatic rings. The van der Waals surface area contributed by atoms with Crippen molar-refractivity contribution < 1.29 is 9.90 Å². The first-order valence-corrected chi connectivity index (χ1v) is 7.76. The van der Waals surface area contributed by atoms with Crippen molar-refractivity contribution in [3.8, 4) is 0 Å². The summed E-state index contributed by atoms with van der Waals surface area (Å²) in [5.74, 6) is -0.388. The minimum absolute atomic E-state index is 0.0224. The molecule has 21 heavy (non-hydrogen) atoms. The van der Waals surface area contributed by atoms with Gasteiger partial charge in [0.05, 0.1) is 0 Å². The lowest BCUT2D eigenvalue weighted by Crippen LogP contribution is -2.44. The van der Waals surface area contributed by atoms with E-state index in [4.69, 9.17) is 0 Å². The predicted octanol–water partition coefficient (Wildman–Crippen LogP) is 3.83. The molecule has 1 aromatic carbocycles. The van der Waals surface area contributed by atoms with Gasteiger partial charge in [-0.15, -0.1) is 0 Å². The Labute approximate surface area is 128 Å². The number of carbonyl (C=O) groups is 1. The molecule has 2 atom stereocenters. The van der Waals surface area contributed by atoms with Gasteiger partial charge in [0.1, 0.15) is 6.04 Å². The third kappa shape index (κ3) is 5.88. The zero-order valence-corrected chi connectivity index (χ0v) is 13.9. The maximum Gasteiger partial charge on any atom is 0.320 e. The molecule has 0 amide bonds. The van der Waals surface area contributed by atoms with Gasteiger partial charge in [0.25, 0.3) is 0 Å². The van der Waals surface area contributed by atoms with E-state index >= 15 is 0 Å². The van der Waals surface area contributed by atoms with E-state index in [1.165, 1.54) is 5.56 Å². The van der Waals surface area contributed by atoms with Crippen molar-refractivity contribution in [2.45, 2.75) is 65.0 Å². The predicted molar refractivity (Wildman–Crippen MR) is 87.6 cm³/mol. The smallest absolute Gasteiger partial charge is 0.320 e. The van der Waals surface area contributed by atoms with E-state index in [1.807, 2.05) is 18.2 Å². The van der Waals surface area contributed by atoms with E-state index in [9.17, 15) is 9.90 Å². The van der Waals surface area contributed by atoms with E-state index < -0.39 is 12.0 Å². The molecule has 2 N–H and O–H groups in total.